The predicted molar refractivity (Wildman–Crippen MR) is 103 cm³/mol. The lowest BCUT2D eigenvalue weighted by Gasteiger charge is -2.37. The molecule has 0 spiro atoms. The topological polar surface area (TPSA) is 55.8 Å². The average Bonchev–Trinajstić information content (AvgIpc) is 3.02. The van der Waals surface area contributed by atoms with E-state index in [1.54, 1.807) is 11.3 Å². The van der Waals surface area contributed by atoms with E-state index in [2.05, 4.69) is 65.7 Å². The number of piperazine rings is 1. The second-order valence-electron chi connectivity index (χ2n) is 6.79. The first-order valence-corrected chi connectivity index (χ1v) is 9.72. The summed E-state index contributed by atoms with van der Waals surface area (Å²) in [5.41, 5.74) is 1.16. The first-order chi connectivity index (χ1) is 11.5. The van der Waals surface area contributed by atoms with E-state index >= 15 is 0 Å². The molecule has 0 bridgehead atoms. The van der Waals surface area contributed by atoms with Crippen molar-refractivity contribution < 1.29 is 0 Å². The second-order valence-corrected chi connectivity index (χ2v) is 7.74. The van der Waals surface area contributed by atoms with Gasteiger partial charge in [0.25, 0.3) is 0 Å². The number of likely N-dealkylation sites (N-methyl/N-ethyl adjacent to an activating group) is 2. The fourth-order valence-corrected chi connectivity index (χ4v) is 3.57. The van der Waals surface area contributed by atoms with Crippen molar-refractivity contribution in [2.75, 3.05) is 46.8 Å². The van der Waals surface area contributed by atoms with Crippen LogP contribution in [0.25, 0.3) is 0 Å². The highest BCUT2D eigenvalue weighted by molar-refractivity contribution is 7.09. The summed E-state index contributed by atoms with van der Waals surface area (Å²) in [4.78, 5) is 14.2. The Morgan fingerprint density at radius 2 is 2.17 bits per heavy atom. The van der Waals surface area contributed by atoms with Crippen LogP contribution in [0, 0.1) is 0 Å². The number of hydrogen-bond donors (Lipinski definition) is 2. The summed E-state index contributed by atoms with van der Waals surface area (Å²) in [6, 6.07) is 0.514. The van der Waals surface area contributed by atoms with Crippen molar-refractivity contribution >= 4 is 17.3 Å². The maximum Gasteiger partial charge on any atom is 0.191 e. The number of hydrogen-bond acceptors (Lipinski definition) is 5. The number of aromatic nitrogens is 1. The molecule has 2 rings (SSSR count). The summed E-state index contributed by atoms with van der Waals surface area (Å²) in [5, 5.41) is 10.0. The summed E-state index contributed by atoms with van der Waals surface area (Å²) >= 11 is 1.70. The molecule has 1 saturated heterocycles. The molecule has 0 aliphatic carbocycles. The molecule has 2 heterocycles. The minimum absolute atomic E-state index is 0.476. The minimum atomic E-state index is 0.476. The van der Waals surface area contributed by atoms with Crippen molar-refractivity contribution in [3.63, 3.8) is 0 Å². The van der Waals surface area contributed by atoms with E-state index in [0.717, 1.165) is 49.4 Å². The number of nitrogens with zero attached hydrogens (tertiary/aromatic N) is 4. The van der Waals surface area contributed by atoms with Gasteiger partial charge in [-0.2, -0.15) is 0 Å². The van der Waals surface area contributed by atoms with Gasteiger partial charge in [0.15, 0.2) is 5.96 Å². The minimum Gasteiger partial charge on any atom is -0.357 e. The third-order valence-corrected chi connectivity index (χ3v) is 5.21. The molecule has 0 saturated carbocycles. The molecular weight excluding hydrogens is 320 g/mol. The summed E-state index contributed by atoms with van der Waals surface area (Å²) in [6.07, 6.45) is 0. The van der Waals surface area contributed by atoms with Crippen molar-refractivity contribution in [3.05, 3.63) is 16.1 Å². The van der Waals surface area contributed by atoms with Gasteiger partial charge < -0.3 is 15.5 Å². The smallest absolute Gasteiger partial charge is 0.191 e. The zero-order chi connectivity index (χ0) is 17.5. The molecule has 1 aliphatic rings. The highest BCUT2D eigenvalue weighted by Gasteiger charge is 2.22. The van der Waals surface area contributed by atoms with Crippen LogP contribution in [0.1, 0.15) is 37.4 Å². The molecule has 136 valence electrons. The van der Waals surface area contributed by atoms with Crippen LogP contribution in [0.15, 0.2) is 10.4 Å². The molecule has 1 fully saturated rings. The van der Waals surface area contributed by atoms with Crippen LogP contribution in [0.3, 0.4) is 0 Å². The maximum atomic E-state index is 4.70. The molecule has 7 heteroatoms. The number of rotatable bonds is 6. The van der Waals surface area contributed by atoms with E-state index in [0.29, 0.717) is 18.5 Å². The zero-order valence-corrected chi connectivity index (χ0v) is 16.5. The zero-order valence-electron chi connectivity index (χ0n) is 15.7. The fraction of sp³-hybridized carbons (Fsp3) is 0.765. The number of aliphatic imine (C=N–C) groups is 1. The normalized spacial score (nSPS) is 20.6. The van der Waals surface area contributed by atoms with E-state index < -0.39 is 0 Å². The molecule has 1 aliphatic heterocycles. The van der Waals surface area contributed by atoms with Crippen LogP contribution in [0.5, 0.6) is 0 Å². The molecule has 1 aromatic heterocycles. The van der Waals surface area contributed by atoms with Crippen LogP contribution in [0.2, 0.25) is 0 Å². The fourth-order valence-electron chi connectivity index (χ4n) is 2.69. The largest absolute Gasteiger partial charge is 0.357 e. The molecule has 0 amide bonds. The van der Waals surface area contributed by atoms with Crippen LogP contribution in [0.4, 0.5) is 0 Å². The van der Waals surface area contributed by atoms with E-state index in [1.807, 2.05) is 0 Å². The lowest BCUT2D eigenvalue weighted by Crippen LogP contribution is -2.55. The molecule has 24 heavy (non-hydrogen) atoms. The molecular formula is C17H32N6S. The van der Waals surface area contributed by atoms with Gasteiger partial charge in [-0.25, -0.2) is 9.98 Å². The number of guanidine groups is 1. The Labute approximate surface area is 150 Å². The Bertz CT molecular complexity index is 527. The maximum absolute atomic E-state index is 4.70. The molecule has 1 aromatic rings. The molecule has 2 N–H and O–H groups in total. The van der Waals surface area contributed by atoms with Crippen LogP contribution in [-0.2, 0) is 6.54 Å². The Kier molecular flexibility index (Phi) is 7.45. The van der Waals surface area contributed by atoms with Crippen molar-refractivity contribution in [3.8, 4) is 0 Å². The Balaban J connectivity index is 1.90. The van der Waals surface area contributed by atoms with Gasteiger partial charge in [0.2, 0.25) is 0 Å². The van der Waals surface area contributed by atoms with Crippen LogP contribution < -0.4 is 10.6 Å². The summed E-state index contributed by atoms with van der Waals surface area (Å²) < 4.78 is 0. The molecule has 1 atom stereocenters. The van der Waals surface area contributed by atoms with Gasteiger partial charge in [-0.3, -0.25) is 4.90 Å². The molecule has 0 aromatic carbocycles. The summed E-state index contributed by atoms with van der Waals surface area (Å²) in [5.74, 6) is 1.35. The van der Waals surface area contributed by atoms with Gasteiger partial charge in [0.1, 0.15) is 5.01 Å². The van der Waals surface area contributed by atoms with Crippen molar-refractivity contribution in [1.29, 1.82) is 0 Å². The lowest BCUT2D eigenvalue weighted by molar-refractivity contribution is 0.116. The Morgan fingerprint density at radius 3 is 2.83 bits per heavy atom. The Morgan fingerprint density at radius 1 is 1.38 bits per heavy atom. The lowest BCUT2D eigenvalue weighted by atomic mass is 10.2. The number of nitrogens with one attached hydrogen (secondary N) is 2. The summed E-state index contributed by atoms with van der Waals surface area (Å²) in [6.45, 7) is 12.2. The third kappa shape index (κ3) is 5.72. The standard InChI is InChI=1S/C17H32N6S/c1-6-18-17(19-9-14-11-22(4)7-8-23(14)5)20-10-16-21-15(12-24-16)13(2)3/h12-14H,6-11H2,1-5H3,(H2,18,19,20). The average molecular weight is 353 g/mol. The van der Waals surface area contributed by atoms with Crippen molar-refractivity contribution in [1.82, 2.24) is 25.4 Å². The van der Waals surface area contributed by atoms with Crippen molar-refractivity contribution in [2.45, 2.75) is 39.3 Å². The van der Waals surface area contributed by atoms with E-state index in [9.17, 15) is 0 Å². The third-order valence-electron chi connectivity index (χ3n) is 4.36. The van der Waals surface area contributed by atoms with Gasteiger partial charge >= 0.3 is 0 Å². The predicted octanol–water partition coefficient (Wildman–Crippen LogP) is 1.57. The van der Waals surface area contributed by atoms with Crippen LogP contribution in [-0.4, -0.2) is 73.6 Å². The first kappa shape index (κ1) is 19.1. The molecule has 0 radical (unpaired) electrons. The van der Waals surface area contributed by atoms with Gasteiger partial charge in [0, 0.05) is 44.1 Å². The van der Waals surface area contributed by atoms with Gasteiger partial charge in [-0.15, -0.1) is 11.3 Å². The quantitative estimate of drug-likeness (QED) is 0.601. The SMILES string of the molecule is CCNC(=NCc1nc(C(C)C)cs1)NCC1CN(C)CCN1C. The van der Waals surface area contributed by atoms with Gasteiger partial charge in [-0.1, -0.05) is 13.8 Å². The van der Waals surface area contributed by atoms with Gasteiger partial charge in [-0.05, 0) is 26.9 Å². The van der Waals surface area contributed by atoms with E-state index in [-0.39, 0.29) is 0 Å². The molecule has 1 unspecified atom stereocenters. The highest BCUT2D eigenvalue weighted by atomic mass is 32.1. The van der Waals surface area contributed by atoms with Crippen molar-refractivity contribution in [2.24, 2.45) is 4.99 Å². The highest BCUT2D eigenvalue weighted by Crippen LogP contribution is 2.18. The summed E-state index contributed by atoms with van der Waals surface area (Å²) in [7, 11) is 4.39. The second kappa shape index (κ2) is 9.34. The van der Waals surface area contributed by atoms with E-state index in [4.69, 9.17) is 4.99 Å². The van der Waals surface area contributed by atoms with E-state index in [1.165, 1.54) is 0 Å². The number of thiazole rings is 1. The van der Waals surface area contributed by atoms with Gasteiger partial charge in [0.05, 0.1) is 12.2 Å². The first-order valence-electron chi connectivity index (χ1n) is 8.84. The molecule has 6 nitrogen and oxygen atoms in total. The monoisotopic (exact) mass is 352 g/mol. The van der Waals surface area contributed by atoms with Crippen LogP contribution >= 0.6 is 11.3 Å². The Hall–Kier alpha value is -1.18.